The number of aromatic nitrogens is 1. The van der Waals surface area contributed by atoms with Gasteiger partial charge in [0.15, 0.2) is 0 Å². The van der Waals surface area contributed by atoms with E-state index in [0.29, 0.717) is 11.0 Å². The molecule has 1 rings (SSSR count). The van der Waals surface area contributed by atoms with E-state index in [9.17, 15) is 5.11 Å². The predicted molar refractivity (Wildman–Crippen MR) is 53.0 cm³/mol. The molecule has 0 bridgehead atoms. The van der Waals surface area contributed by atoms with Gasteiger partial charge in [-0.2, -0.15) is 0 Å². The number of aliphatic hydroxyl groups excluding tert-OH is 1. The van der Waals surface area contributed by atoms with Crippen molar-refractivity contribution in [1.82, 2.24) is 4.98 Å². The SMILES string of the molecule is CCC(O)CSc1nc(C)c(C)o1. The van der Waals surface area contributed by atoms with Gasteiger partial charge in [0.1, 0.15) is 5.76 Å². The largest absolute Gasteiger partial charge is 0.437 e. The van der Waals surface area contributed by atoms with Crippen molar-refractivity contribution in [3.63, 3.8) is 0 Å². The summed E-state index contributed by atoms with van der Waals surface area (Å²) in [6.45, 7) is 5.76. The zero-order chi connectivity index (χ0) is 9.84. The molecule has 1 atom stereocenters. The highest BCUT2D eigenvalue weighted by Gasteiger charge is 2.08. The first-order valence-corrected chi connectivity index (χ1v) is 5.37. The summed E-state index contributed by atoms with van der Waals surface area (Å²) in [5.74, 6) is 1.50. The van der Waals surface area contributed by atoms with E-state index in [1.165, 1.54) is 11.8 Å². The van der Waals surface area contributed by atoms with Crippen molar-refractivity contribution in [2.24, 2.45) is 0 Å². The van der Waals surface area contributed by atoms with Crippen LogP contribution in [0.2, 0.25) is 0 Å². The Balaban J connectivity index is 2.45. The maximum Gasteiger partial charge on any atom is 0.256 e. The number of hydrogen-bond acceptors (Lipinski definition) is 4. The van der Waals surface area contributed by atoms with Gasteiger partial charge in [0.2, 0.25) is 0 Å². The summed E-state index contributed by atoms with van der Waals surface area (Å²) in [5.41, 5.74) is 0.925. The van der Waals surface area contributed by atoms with Crippen LogP contribution in [0.5, 0.6) is 0 Å². The van der Waals surface area contributed by atoms with Crippen LogP contribution in [0.1, 0.15) is 24.8 Å². The first-order valence-electron chi connectivity index (χ1n) is 4.38. The molecule has 1 unspecified atom stereocenters. The Morgan fingerprint density at radius 2 is 2.23 bits per heavy atom. The van der Waals surface area contributed by atoms with Crippen LogP contribution >= 0.6 is 11.8 Å². The van der Waals surface area contributed by atoms with Crippen LogP contribution in [-0.2, 0) is 0 Å². The first-order chi connectivity index (χ1) is 6.13. The zero-order valence-corrected chi connectivity index (χ0v) is 9.02. The van der Waals surface area contributed by atoms with Gasteiger partial charge in [0, 0.05) is 5.75 Å². The maximum absolute atomic E-state index is 9.31. The van der Waals surface area contributed by atoms with Gasteiger partial charge in [-0.25, -0.2) is 4.98 Å². The summed E-state index contributed by atoms with van der Waals surface area (Å²) in [4.78, 5) is 4.20. The van der Waals surface area contributed by atoms with Crippen LogP contribution in [0.25, 0.3) is 0 Å². The van der Waals surface area contributed by atoms with Gasteiger partial charge in [-0.3, -0.25) is 0 Å². The fourth-order valence-electron chi connectivity index (χ4n) is 0.790. The van der Waals surface area contributed by atoms with E-state index in [-0.39, 0.29) is 6.10 Å². The average molecular weight is 201 g/mol. The third-order valence-electron chi connectivity index (χ3n) is 1.88. The molecule has 0 saturated carbocycles. The normalized spacial score (nSPS) is 13.2. The Hall–Kier alpha value is -0.480. The molecule has 0 saturated heterocycles. The first kappa shape index (κ1) is 10.6. The standard InChI is InChI=1S/C9H15NO2S/c1-4-8(11)5-13-9-10-6(2)7(3)12-9/h8,11H,4-5H2,1-3H3. The van der Waals surface area contributed by atoms with E-state index in [1.807, 2.05) is 20.8 Å². The summed E-state index contributed by atoms with van der Waals surface area (Å²) >= 11 is 1.46. The van der Waals surface area contributed by atoms with Crippen molar-refractivity contribution in [3.05, 3.63) is 11.5 Å². The molecule has 1 heterocycles. The molecule has 0 spiro atoms. The van der Waals surface area contributed by atoms with Crippen molar-refractivity contribution in [3.8, 4) is 0 Å². The molecule has 13 heavy (non-hydrogen) atoms. The second-order valence-electron chi connectivity index (χ2n) is 2.99. The smallest absolute Gasteiger partial charge is 0.256 e. The summed E-state index contributed by atoms with van der Waals surface area (Å²) in [7, 11) is 0. The lowest BCUT2D eigenvalue weighted by Gasteiger charge is -2.03. The predicted octanol–water partition coefficient (Wildman–Crippen LogP) is 2.15. The van der Waals surface area contributed by atoms with Crippen molar-refractivity contribution in [1.29, 1.82) is 0 Å². The number of thioether (sulfide) groups is 1. The number of rotatable bonds is 4. The van der Waals surface area contributed by atoms with Gasteiger partial charge in [-0.15, -0.1) is 0 Å². The quantitative estimate of drug-likeness (QED) is 0.758. The molecule has 0 radical (unpaired) electrons. The van der Waals surface area contributed by atoms with E-state index >= 15 is 0 Å². The van der Waals surface area contributed by atoms with Crippen LogP contribution in [-0.4, -0.2) is 21.9 Å². The summed E-state index contributed by atoms with van der Waals surface area (Å²) in [6.07, 6.45) is 0.503. The highest BCUT2D eigenvalue weighted by atomic mass is 32.2. The number of aryl methyl sites for hydroxylation is 2. The number of hydrogen-bond donors (Lipinski definition) is 1. The molecule has 0 fully saturated rings. The Morgan fingerprint density at radius 1 is 1.54 bits per heavy atom. The van der Waals surface area contributed by atoms with Crippen LogP contribution in [0.4, 0.5) is 0 Å². The molecule has 1 N–H and O–H groups in total. The lowest BCUT2D eigenvalue weighted by Crippen LogP contribution is -2.07. The van der Waals surface area contributed by atoms with Gasteiger partial charge in [0.05, 0.1) is 11.8 Å². The molecule has 0 aliphatic rings. The van der Waals surface area contributed by atoms with Gasteiger partial charge in [0.25, 0.3) is 5.22 Å². The van der Waals surface area contributed by atoms with Gasteiger partial charge < -0.3 is 9.52 Å². The van der Waals surface area contributed by atoms with Gasteiger partial charge >= 0.3 is 0 Å². The molecular formula is C9H15NO2S. The Kier molecular flexibility index (Phi) is 3.81. The lowest BCUT2D eigenvalue weighted by molar-refractivity contribution is 0.195. The summed E-state index contributed by atoms with van der Waals surface area (Å²) in [6, 6.07) is 0. The topological polar surface area (TPSA) is 46.3 Å². The minimum Gasteiger partial charge on any atom is -0.437 e. The molecule has 1 aromatic heterocycles. The lowest BCUT2D eigenvalue weighted by atomic mass is 10.3. The van der Waals surface area contributed by atoms with Crippen LogP contribution in [0.15, 0.2) is 9.64 Å². The highest BCUT2D eigenvalue weighted by molar-refractivity contribution is 7.99. The molecule has 3 nitrogen and oxygen atoms in total. The van der Waals surface area contributed by atoms with Gasteiger partial charge in [-0.1, -0.05) is 18.7 Å². The third-order valence-corrected chi connectivity index (χ3v) is 2.85. The molecule has 0 aliphatic carbocycles. The fraction of sp³-hybridized carbons (Fsp3) is 0.667. The van der Waals surface area contributed by atoms with Crippen LogP contribution < -0.4 is 0 Å². The minimum absolute atomic E-state index is 0.266. The maximum atomic E-state index is 9.31. The third kappa shape index (κ3) is 3.04. The molecular weight excluding hydrogens is 186 g/mol. The van der Waals surface area contributed by atoms with E-state index in [1.54, 1.807) is 0 Å². The molecule has 0 amide bonds. The Bertz CT molecular complexity index is 253. The van der Waals surface area contributed by atoms with Crippen molar-refractivity contribution in [2.45, 2.75) is 38.5 Å². The molecule has 4 heteroatoms. The van der Waals surface area contributed by atoms with E-state index in [0.717, 1.165) is 17.9 Å². The van der Waals surface area contributed by atoms with Crippen LogP contribution in [0.3, 0.4) is 0 Å². The van der Waals surface area contributed by atoms with Crippen molar-refractivity contribution in [2.75, 3.05) is 5.75 Å². The molecule has 1 aromatic rings. The number of nitrogens with zero attached hydrogens (tertiary/aromatic N) is 1. The molecule has 74 valence electrons. The molecule has 0 aliphatic heterocycles. The Labute approximate surface area is 82.6 Å². The van der Waals surface area contributed by atoms with Gasteiger partial charge in [-0.05, 0) is 20.3 Å². The summed E-state index contributed by atoms with van der Waals surface area (Å²) in [5, 5.41) is 9.96. The van der Waals surface area contributed by atoms with E-state index in [2.05, 4.69) is 4.98 Å². The van der Waals surface area contributed by atoms with Crippen LogP contribution in [0, 0.1) is 13.8 Å². The monoisotopic (exact) mass is 201 g/mol. The Morgan fingerprint density at radius 3 is 2.69 bits per heavy atom. The van der Waals surface area contributed by atoms with E-state index in [4.69, 9.17) is 4.42 Å². The number of oxazole rings is 1. The number of aliphatic hydroxyl groups is 1. The average Bonchev–Trinajstić information content (AvgIpc) is 2.42. The minimum atomic E-state index is -0.266. The second-order valence-corrected chi connectivity index (χ2v) is 3.97. The van der Waals surface area contributed by atoms with Crippen molar-refractivity contribution < 1.29 is 9.52 Å². The fourth-order valence-corrected chi connectivity index (χ4v) is 1.75. The molecule has 0 aromatic carbocycles. The second kappa shape index (κ2) is 4.67. The van der Waals surface area contributed by atoms with E-state index < -0.39 is 0 Å². The highest BCUT2D eigenvalue weighted by Crippen LogP contribution is 2.21. The van der Waals surface area contributed by atoms with Crippen molar-refractivity contribution >= 4 is 11.8 Å². The summed E-state index contributed by atoms with van der Waals surface area (Å²) < 4.78 is 5.35. The zero-order valence-electron chi connectivity index (χ0n) is 8.20.